The summed E-state index contributed by atoms with van der Waals surface area (Å²) in [4.78, 5) is 41.0. The van der Waals surface area contributed by atoms with Crippen molar-refractivity contribution < 1.29 is 19.1 Å². The lowest BCUT2D eigenvalue weighted by molar-refractivity contribution is -0.131. The first kappa shape index (κ1) is 32.7. The Morgan fingerprint density at radius 3 is 2.09 bits per heavy atom. The van der Waals surface area contributed by atoms with Gasteiger partial charge in [0.15, 0.2) is 0 Å². The van der Waals surface area contributed by atoms with Crippen molar-refractivity contribution in [2.75, 3.05) is 31.1 Å². The van der Waals surface area contributed by atoms with Gasteiger partial charge in [0.05, 0.1) is 11.2 Å². The number of carbonyl (C=O) groups excluding carboxylic acids is 1. The molecule has 0 unspecified atom stereocenters. The molecule has 7 nitrogen and oxygen atoms in total. The molecule has 2 aromatic rings. The summed E-state index contributed by atoms with van der Waals surface area (Å²) in [6, 6.07) is 2.99. The van der Waals surface area contributed by atoms with Crippen LogP contribution in [0.1, 0.15) is 126 Å². The number of fused-ring (bicyclic) bond motifs is 1. The van der Waals surface area contributed by atoms with E-state index < -0.39 is 17.2 Å². The Morgan fingerprint density at radius 2 is 1.49 bits per heavy atom. The number of anilines is 1. The molecule has 8 heteroatoms. The van der Waals surface area contributed by atoms with E-state index in [0.717, 1.165) is 38.5 Å². The van der Waals surface area contributed by atoms with Gasteiger partial charge in [0.1, 0.15) is 11.4 Å². The van der Waals surface area contributed by atoms with Crippen molar-refractivity contribution in [3.63, 3.8) is 0 Å². The number of carbonyl (C=O) groups is 2. The Balaban J connectivity index is 1.15. The molecule has 1 saturated carbocycles. The highest BCUT2D eigenvalue weighted by molar-refractivity contribution is 5.93. The van der Waals surface area contributed by atoms with Gasteiger partial charge in [0.2, 0.25) is 11.3 Å². The highest BCUT2D eigenvalue weighted by Crippen LogP contribution is 2.38. The van der Waals surface area contributed by atoms with Gasteiger partial charge in [-0.05, 0) is 57.1 Å². The number of aromatic nitrogens is 1. The number of piperazine rings is 1. The molecule has 2 fully saturated rings. The number of hydrogen-bond donors (Lipinski definition) is 1. The van der Waals surface area contributed by atoms with E-state index >= 15 is 4.39 Å². The van der Waals surface area contributed by atoms with Crippen LogP contribution in [0.25, 0.3) is 10.9 Å². The highest BCUT2D eigenvalue weighted by Gasteiger charge is 2.29. The molecule has 0 radical (unpaired) electrons. The predicted octanol–water partition coefficient (Wildman–Crippen LogP) is 7.86. The Bertz CT molecular complexity index is 1310. The third-order valence-corrected chi connectivity index (χ3v) is 8.90. The van der Waals surface area contributed by atoms with Crippen LogP contribution in [0.4, 0.5) is 10.1 Å². The molecular weight excluding hydrogens is 545 g/mol. The Kier molecular flexibility index (Phi) is 12.7. The van der Waals surface area contributed by atoms with Crippen LogP contribution in [0.15, 0.2) is 35.3 Å². The number of halogens is 1. The minimum atomic E-state index is -1.30. The van der Waals surface area contributed by atoms with Crippen molar-refractivity contribution in [1.82, 2.24) is 9.47 Å². The van der Waals surface area contributed by atoms with Gasteiger partial charge in [-0.25, -0.2) is 9.18 Å². The smallest absolute Gasteiger partial charge is 0.341 e. The molecule has 0 spiro atoms. The van der Waals surface area contributed by atoms with Crippen molar-refractivity contribution in [3.8, 4) is 0 Å². The Morgan fingerprint density at radius 1 is 0.884 bits per heavy atom. The summed E-state index contributed by atoms with van der Waals surface area (Å²) in [5.74, 6) is -1.67. The second-order valence-electron chi connectivity index (χ2n) is 12.3. The van der Waals surface area contributed by atoms with Crippen molar-refractivity contribution in [2.45, 2.75) is 116 Å². The second kappa shape index (κ2) is 16.6. The largest absolute Gasteiger partial charge is 0.477 e. The van der Waals surface area contributed by atoms with Crippen LogP contribution in [0.3, 0.4) is 0 Å². The standard InChI is InChI=1S/C35H50FN3O4/c1-2-3-4-5-6-7-8-9-10-11-12-13-14-15-16-17-33(40)38-22-20-37(21-23-38)32-25-31-28(24-30(32)36)34(41)29(35(42)43)26-39(31)27-18-19-27/h9-10,24-27H,2-8,11-23H2,1H3,(H,42,43)/b10-9+. The van der Waals surface area contributed by atoms with E-state index in [1.807, 2.05) is 14.4 Å². The molecule has 0 atom stereocenters. The fourth-order valence-corrected chi connectivity index (χ4v) is 6.11. The maximum Gasteiger partial charge on any atom is 0.341 e. The van der Waals surface area contributed by atoms with E-state index in [-0.39, 0.29) is 22.9 Å². The lowest BCUT2D eigenvalue weighted by atomic mass is 10.1. The van der Waals surface area contributed by atoms with Crippen LogP contribution < -0.4 is 10.3 Å². The molecule has 1 aromatic carbocycles. The maximum atomic E-state index is 15.2. The molecule has 1 N–H and O–H groups in total. The van der Waals surface area contributed by atoms with E-state index in [2.05, 4.69) is 19.1 Å². The van der Waals surface area contributed by atoms with Crippen LogP contribution in [-0.2, 0) is 4.79 Å². The fraction of sp³-hybridized carbons (Fsp3) is 0.629. The van der Waals surface area contributed by atoms with E-state index in [4.69, 9.17) is 0 Å². The van der Waals surface area contributed by atoms with E-state index in [1.54, 1.807) is 6.07 Å². The molecule has 0 bridgehead atoms. The first-order chi connectivity index (χ1) is 20.9. The summed E-state index contributed by atoms with van der Waals surface area (Å²) < 4.78 is 17.1. The maximum absolute atomic E-state index is 15.2. The summed E-state index contributed by atoms with van der Waals surface area (Å²) in [5.41, 5.74) is -0.0221. The molecule has 2 aliphatic rings. The lowest BCUT2D eigenvalue weighted by Gasteiger charge is -2.36. The molecule has 1 saturated heterocycles. The number of aromatic carboxylic acids is 1. The van der Waals surface area contributed by atoms with Gasteiger partial charge in [0.25, 0.3) is 0 Å². The summed E-state index contributed by atoms with van der Waals surface area (Å²) in [6.07, 6.45) is 24.4. The average molecular weight is 596 g/mol. The third kappa shape index (κ3) is 9.41. The average Bonchev–Trinajstić information content (AvgIpc) is 3.85. The topological polar surface area (TPSA) is 82.8 Å². The fourth-order valence-electron chi connectivity index (χ4n) is 6.11. The minimum Gasteiger partial charge on any atom is -0.477 e. The van der Waals surface area contributed by atoms with Crippen LogP contribution in [0, 0.1) is 5.82 Å². The van der Waals surface area contributed by atoms with Gasteiger partial charge in [-0.1, -0.05) is 70.4 Å². The number of unbranched alkanes of at least 4 members (excludes halogenated alkanes) is 11. The van der Waals surface area contributed by atoms with Crippen LogP contribution in [0.2, 0.25) is 0 Å². The minimum absolute atomic E-state index is 0.0989. The van der Waals surface area contributed by atoms with Crippen LogP contribution >= 0.6 is 0 Å². The molecule has 43 heavy (non-hydrogen) atoms. The second-order valence-corrected chi connectivity index (χ2v) is 12.3. The van der Waals surface area contributed by atoms with Gasteiger partial charge in [0, 0.05) is 50.2 Å². The molecule has 1 amide bonds. The predicted molar refractivity (Wildman–Crippen MR) is 172 cm³/mol. The van der Waals surface area contributed by atoms with E-state index in [0.29, 0.717) is 43.8 Å². The quantitative estimate of drug-likeness (QED) is 0.140. The summed E-state index contributed by atoms with van der Waals surface area (Å²) in [6.45, 7) is 4.36. The van der Waals surface area contributed by atoms with Gasteiger partial charge in [-0.15, -0.1) is 0 Å². The number of rotatable bonds is 18. The highest BCUT2D eigenvalue weighted by atomic mass is 19.1. The first-order valence-corrected chi connectivity index (χ1v) is 16.7. The van der Waals surface area contributed by atoms with Gasteiger partial charge >= 0.3 is 5.97 Å². The van der Waals surface area contributed by atoms with E-state index in [9.17, 15) is 19.5 Å². The number of carboxylic acids is 1. The number of nitrogens with zero attached hydrogens (tertiary/aromatic N) is 3. The zero-order chi connectivity index (χ0) is 30.6. The van der Waals surface area contributed by atoms with Crippen molar-refractivity contribution in [1.29, 1.82) is 0 Å². The lowest BCUT2D eigenvalue weighted by Crippen LogP contribution is -2.49. The van der Waals surface area contributed by atoms with Crippen LogP contribution in [0.5, 0.6) is 0 Å². The van der Waals surface area contributed by atoms with Gasteiger partial charge in [-0.3, -0.25) is 9.59 Å². The summed E-state index contributed by atoms with van der Waals surface area (Å²) in [5, 5.41) is 9.56. The number of amides is 1. The molecular formula is C35H50FN3O4. The third-order valence-electron chi connectivity index (χ3n) is 8.90. The zero-order valence-electron chi connectivity index (χ0n) is 26.0. The number of hydrogen-bond acceptors (Lipinski definition) is 4. The van der Waals surface area contributed by atoms with Crippen molar-refractivity contribution in [3.05, 3.63) is 52.1 Å². The molecule has 1 aliphatic heterocycles. The number of benzene rings is 1. The Hall–Kier alpha value is -3.16. The molecule has 4 rings (SSSR count). The number of allylic oxidation sites excluding steroid dienone is 2. The van der Waals surface area contributed by atoms with Crippen molar-refractivity contribution in [2.24, 2.45) is 0 Å². The van der Waals surface area contributed by atoms with Gasteiger partial charge in [-0.2, -0.15) is 0 Å². The molecule has 2 heterocycles. The van der Waals surface area contributed by atoms with E-state index in [1.165, 1.54) is 70.1 Å². The SMILES string of the molecule is CCCCCCCC/C=C/CCCCCCCC(=O)N1CCN(c2cc3c(cc2F)c(=O)c(C(=O)O)cn3C2CC2)CC1. The summed E-state index contributed by atoms with van der Waals surface area (Å²) in [7, 11) is 0. The monoisotopic (exact) mass is 595 g/mol. The zero-order valence-corrected chi connectivity index (χ0v) is 26.0. The van der Waals surface area contributed by atoms with Crippen LogP contribution in [-0.4, -0.2) is 52.6 Å². The number of carboxylic acid groups (broad SMARTS) is 1. The molecule has 1 aliphatic carbocycles. The normalized spacial score (nSPS) is 15.6. The molecule has 236 valence electrons. The van der Waals surface area contributed by atoms with Crippen molar-refractivity contribution >= 4 is 28.5 Å². The first-order valence-electron chi connectivity index (χ1n) is 16.7. The van der Waals surface area contributed by atoms with Gasteiger partial charge < -0.3 is 19.5 Å². The molecule has 1 aromatic heterocycles. The summed E-state index contributed by atoms with van der Waals surface area (Å²) >= 11 is 0. The Labute approximate surface area is 255 Å². The number of pyridine rings is 1.